The van der Waals surface area contributed by atoms with Crippen molar-refractivity contribution >= 4 is 11.6 Å². The average molecular weight is 385 g/mol. The Labute approximate surface area is 166 Å². The van der Waals surface area contributed by atoms with Crippen molar-refractivity contribution in [3.63, 3.8) is 0 Å². The molecule has 1 saturated heterocycles. The number of carbonyl (C=O) groups is 1. The molecular formula is C22H28FN3O2. The van der Waals surface area contributed by atoms with Crippen LogP contribution in [0.2, 0.25) is 0 Å². The highest BCUT2D eigenvalue weighted by molar-refractivity contribution is 5.81. The van der Waals surface area contributed by atoms with Gasteiger partial charge >= 0.3 is 0 Å². The minimum atomic E-state index is -0.279. The van der Waals surface area contributed by atoms with Crippen molar-refractivity contribution in [3.8, 4) is 0 Å². The van der Waals surface area contributed by atoms with Gasteiger partial charge in [-0.25, -0.2) is 4.39 Å². The van der Waals surface area contributed by atoms with E-state index in [1.165, 1.54) is 23.4 Å². The third-order valence-electron chi connectivity index (χ3n) is 5.18. The van der Waals surface area contributed by atoms with E-state index in [0.29, 0.717) is 13.1 Å². The molecule has 0 saturated carbocycles. The topological polar surface area (TPSA) is 44.8 Å². The molecule has 3 rings (SSSR count). The Morgan fingerprint density at radius 1 is 1.18 bits per heavy atom. The van der Waals surface area contributed by atoms with Crippen LogP contribution in [0.5, 0.6) is 0 Å². The van der Waals surface area contributed by atoms with E-state index in [-0.39, 0.29) is 17.8 Å². The first-order valence-corrected chi connectivity index (χ1v) is 9.67. The number of amides is 1. The van der Waals surface area contributed by atoms with Gasteiger partial charge in [0.05, 0.1) is 19.3 Å². The van der Waals surface area contributed by atoms with E-state index in [1.807, 2.05) is 31.0 Å². The number of hydrogen-bond acceptors (Lipinski definition) is 4. The Morgan fingerprint density at radius 3 is 2.57 bits per heavy atom. The van der Waals surface area contributed by atoms with Gasteiger partial charge in [-0.1, -0.05) is 30.3 Å². The summed E-state index contributed by atoms with van der Waals surface area (Å²) in [5.41, 5.74) is 3.28. The molecule has 0 aliphatic carbocycles. The number of halogens is 1. The molecule has 6 heteroatoms. The van der Waals surface area contributed by atoms with Gasteiger partial charge in [0.1, 0.15) is 5.82 Å². The Kier molecular flexibility index (Phi) is 7.01. The lowest BCUT2D eigenvalue weighted by Crippen LogP contribution is -2.43. The van der Waals surface area contributed by atoms with E-state index in [0.717, 1.165) is 31.9 Å². The molecule has 1 aliphatic rings. The molecule has 1 amide bonds. The van der Waals surface area contributed by atoms with Crippen molar-refractivity contribution in [2.45, 2.75) is 26.1 Å². The second-order valence-electron chi connectivity index (χ2n) is 7.16. The van der Waals surface area contributed by atoms with Crippen molar-refractivity contribution in [3.05, 3.63) is 65.5 Å². The number of hydrogen-bond donors (Lipinski definition) is 1. The molecule has 2 aromatic rings. The number of likely N-dealkylation sites (N-methyl/N-ethyl adjacent to an activating group) is 1. The van der Waals surface area contributed by atoms with Crippen LogP contribution in [-0.4, -0.2) is 50.2 Å². The monoisotopic (exact) mass is 385 g/mol. The summed E-state index contributed by atoms with van der Waals surface area (Å²) in [7, 11) is 1.96. The van der Waals surface area contributed by atoms with Crippen LogP contribution in [0.1, 0.15) is 18.1 Å². The molecule has 0 aromatic heterocycles. The number of anilines is 1. The van der Waals surface area contributed by atoms with E-state index >= 15 is 0 Å². The zero-order valence-electron chi connectivity index (χ0n) is 16.5. The third kappa shape index (κ3) is 5.30. The summed E-state index contributed by atoms with van der Waals surface area (Å²) in [6.45, 7) is 6.22. The van der Waals surface area contributed by atoms with Gasteiger partial charge in [-0.2, -0.15) is 0 Å². The minimum absolute atomic E-state index is 0.0457. The number of rotatable bonds is 7. The predicted molar refractivity (Wildman–Crippen MR) is 109 cm³/mol. The molecule has 0 spiro atoms. The first-order chi connectivity index (χ1) is 13.5. The molecule has 1 unspecified atom stereocenters. The number of nitrogens with one attached hydrogen (secondary N) is 1. The van der Waals surface area contributed by atoms with E-state index in [9.17, 15) is 9.18 Å². The highest BCUT2D eigenvalue weighted by Crippen LogP contribution is 2.23. The summed E-state index contributed by atoms with van der Waals surface area (Å²) < 4.78 is 18.4. The van der Waals surface area contributed by atoms with Crippen molar-refractivity contribution in [2.75, 3.05) is 38.3 Å². The van der Waals surface area contributed by atoms with Gasteiger partial charge in [0.25, 0.3) is 0 Å². The number of para-hydroxylation sites is 1. The van der Waals surface area contributed by atoms with Crippen LogP contribution in [0.4, 0.5) is 10.1 Å². The standard InChI is InChI=1S/C22H28FN3O2/c1-17(22(27)24-15-18-7-9-20(23)10-8-18)25(2)16-19-5-3-4-6-21(19)26-11-13-28-14-12-26/h3-10,17H,11-16H2,1-2H3,(H,24,27). The van der Waals surface area contributed by atoms with Crippen LogP contribution in [0, 0.1) is 5.82 Å². The Balaban J connectivity index is 1.58. The number of morpholine rings is 1. The van der Waals surface area contributed by atoms with Crippen LogP contribution in [-0.2, 0) is 22.6 Å². The largest absolute Gasteiger partial charge is 0.378 e. The van der Waals surface area contributed by atoms with Crippen molar-refractivity contribution in [1.82, 2.24) is 10.2 Å². The lowest BCUT2D eigenvalue weighted by Gasteiger charge is -2.32. The summed E-state index contributed by atoms with van der Waals surface area (Å²) in [5, 5.41) is 2.93. The first-order valence-electron chi connectivity index (χ1n) is 9.67. The van der Waals surface area contributed by atoms with Crippen LogP contribution in [0.15, 0.2) is 48.5 Å². The SMILES string of the molecule is CC(C(=O)NCc1ccc(F)cc1)N(C)Cc1ccccc1N1CCOCC1. The maximum atomic E-state index is 13.0. The van der Waals surface area contributed by atoms with Crippen molar-refractivity contribution in [2.24, 2.45) is 0 Å². The highest BCUT2D eigenvalue weighted by Gasteiger charge is 2.20. The molecule has 1 aliphatic heterocycles. The first kappa shape index (κ1) is 20.3. The number of carbonyl (C=O) groups excluding carboxylic acids is 1. The molecule has 1 heterocycles. The van der Waals surface area contributed by atoms with E-state index in [4.69, 9.17) is 4.74 Å². The van der Waals surface area contributed by atoms with Gasteiger partial charge in [-0.15, -0.1) is 0 Å². The second-order valence-corrected chi connectivity index (χ2v) is 7.16. The average Bonchev–Trinajstić information content (AvgIpc) is 2.73. The van der Waals surface area contributed by atoms with Gasteiger partial charge in [0, 0.05) is 31.9 Å². The van der Waals surface area contributed by atoms with E-state index in [2.05, 4.69) is 22.3 Å². The van der Waals surface area contributed by atoms with Gasteiger partial charge < -0.3 is 15.0 Å². The highest BCUT2D eigenvalue weighted by atomic mass is 19.1. The molecule has 5 nitrogen and oxygen atoms in total. The molecule has 2 aromatic carbocycles. The molecule has 0 bridgehead atoms. The van der Waals surface area contributed by atoms with Gasteiger partial charge in [0.2, 0.25) is 5.91 Å². The Hall–Kier alpha value is -2.44. The molecule has 0 radical (unpaired) electrons. The molecule has 28 heavy (non-hydrogen) atoms. The fraction of sp³-hybridized carbons (Fsp3) is 0.409. The van der Waals surface area contributed by atoms with Crippen molar-refractivity contribution < 1.29 is 13.9 Å². The quantitative estimate of drug-likeness (QED) is 0.796. The van der Waals surface area contributed by atoms with Gasteiger partial charge in [-0.05, 0) is 43.3 Å². The lowest BCUT2D eigenvalue weighted by atomic mass is 10.1. The van der Waals surface area contributed by atoms with Gasteiger partial charge in [0.15, 0.2) is 0 Å². The Morgan fingerprint density at radius 2 is 1.86 bits per heavy atom. The maximum absolute atomic E-state index is 13.0. The summed E-state index contributed by atoms with van der Waals surface area (Å²) in [4.78, 5) is 16.9. The van der Waals surface area contributed by atoms with Crippen LogP contribution < -0.4 is 10.2 Å². The summed E-state index contributed by atoms with van der Waals surface area (Å²) in [5.74, 6) is -0.321. The number of ether oxygens (including phenoxy) is 1. The number of benzene rings is 2. The molecule has 1 N–H and O–H groups in total. The summed E-state index contributed by atoms with van der Waals surface area (Å²) in [6, 6.07) is 14.2. The predicted octanol–water partition coefficient (Wildman–Crippen LogP) is 2.80. The van der Waals surface area contributed by atoms with Gasteiger partial charge in [-0.3, -0.25) is 9.69 Å². The van der Waals surface area contributed by atoms with Crippen LogP contribution in [0.3, 0.4) is 0 Å². The van der Waals surface area contributed by atoms with Crippen molar-refractivity contribution in [1.29, 1.82) is 0 Å². The van der Waals surface area contributed by atoms with Crippen LogP contribution >= 0.6 is 0 Å². The van der Waals surface area contributed by atoms with E-state index in [1.54, 1.807) is 12.1 Å². The molecule has 1 fully saturated rings. The minimum Gasteiger partial charge on any atom is -0.378 e. The lowest BCUT2D eigenvalue weighted by molar-refractivity contribution is -0.125. The molecule has 1 atom stereocenters. The molecule has 150 valence electrons. The fourth-order valence-corrected chi connectivity index (χ4v) is 3.30. The third-order valence-corrected chi connectivity index (χ3v) is 5.18. The second kappa shape index (κ2) is 9.66. The number of nitrogens with zero attached hydrogens (tertiary/aromatic N) is 2. The fourth-order valence-electron chi connectivity index (χ4n) is 3.30. The summed E-state index contributed by atoms with van der Waals surface area (Å²) >= 11 is 0. The Bertz CT molecular complexity index is 776. The summed E-state index contributed by atoms with van der Waals surface area (Å²) in [6.07, 6.45) is 0. The maximum Gasteiger partial charge on any atom is 0.237 e. The zero-order chi connectivity index (χ0) is 19.9. The van der Waals surface area contributed by atoms with E-state index < -0.39 is 0 Å². The van der Waals surface area contributed by atoms with Crippen LogP contribution in [0.25, 0.3) is 0 Å². The normalized spacial score (nSPS) is 15.5. The zero-order valence-corrected chi connectivity index (χ0v) is 16.5. The smallest absolute Gasteiger partial charge is 0.237 e. The molecular weight excluding hydrogens is 357 g/mol.